The number of pyridine rings is 1. The van der Waals surface area contributed by atoms with Crippen molar-refractivity contribution in [3.05, 3.63) is 69.6 Å². The summed E-state index contributed by atoms with van der Waals surface area (Å²) in [7, 11) is 0. The van der Waals surface area contributed by atoms with Crippen molar-refractivity contribution in [1.82, 2.24) is 9.55 Å². The molecule has 0 unspecified atom stereocenters. The van der Waals surface area contributed by atoms with Gasteiger partial charge in [-0.1, -0.05) is 32.9 Å². The van der Waals surface area contributed by atoms with Gasteiger partial charge in [0.2, 0.25) is 0 Å². The summed E-state index contributed by atoms with van der Waals surface area (Å²) in [5.74, 6) is 0.734. The highest BCUT2D eigenvalue weighted by Crippen LogP contribution is 2.26. The van der Waals surface area contributed by atoms with Crippen LogP contribution in [0.25, 0.3) is 5.69 Å². The fraction of sp³-hybridized carbons (Fsp3) is 0.300. The van der Waals surface area contributed by atoms with E-state index in [1.165, 1.54) is 16.8 Å². The third-order valence-corrected chi connectivity index (χ3v) is 4.91. The number of thiazole rings is 1. The molecular weight excluding hydrogens is 314 g/mol. The van der Waals surface area contributed by atoms with Crippen LogP contribution in [-0.2, 0) is 5.41 Å². The quantitative estimate of drug-likeness (QED) is 0.641. The Hall–Kier alpha value is -2.20. The van der Waals surface area contributed by atoms with Gasteiger partial charge >= 0.3 is 0 Å². The fourth-order valence-electron chi connectivity index (χ4n) is 2.54. The van der Waals surface area contributed by atoms with Crippen molar-refractivity contribution in [2.75, 3.05) is 0 Å². The molecule has 0 aliphatic carbocycles. The van der Waals surface area contributed by atoms with E-state index in [1.807, 2.05) is 18.2 Å². The van der Waals surface area contributed by atoms with Gasteiger partial charge in [-0.25, -0.2) is 9.98 Å². The standard InChI is InChI=1S/C20H23N3S/c1-14-9-10-16(12-15(14)2)23-17(20(3,4)5)13-24-19(23)22-18-8-6-7-11-21-18/h6-13H,1-5H3. The molecule has 0 spiro atoms. The molecule has 1 aromatic carbocycles. The van der Waals surface area contributed by atoms with Gasteiger partial charge in [0.25, 0.3) is 0 Å². The van der Waals surface area contributed by atoms with Gasteiger partial charge in [0.05, 0.1) is 0 Å². The first-order chi connectivity index (χ1) is 11.4. The lowest BCUT2D eigenvalue weighted by molar-refractivity contribution is 0.553. The summed E-state index contributed by atoms with van der Waals surface area (Å²) in [6.45, 7) is 11.0. The van der Waals surface area contributed by atoms with Crippen molar-refractivity contribution >= 4 is 17.2 Å². The van der Waals surface area contributed by atoms with Crippen molar-refractivity contribution in [3.63, 3.8) is 0 Å². The van der Waals surface area contributed by atoms with Crippen LogP contribution in [-0.4, -0.2) is 9.55 Å². The molecule has 0 saturated carbocycles. The SMILES string of the molecule is Cc1ccc(-n2c(C(C)(C)C)csc2=Nc2ccccn2)cc1C. The number of aromatic nitrogens is 2. The van der Waals surface area contributed by atoms with Crippen LogP contribution in [0.3, 0.4) is 0 Å². The van der Waals surface area contributed by atoms with Gasteiger partial charge in [0, 0.05) is 28.4 Å². The fourth-order valence-corrected chi connectivity index (χ4v) is 3.67. The van der Waals surface area contributed by atoms with Gasteiger partial charge in [-0.15, -0.1) is 11.3 Å². The molecule has 0 aliphatic rings. The monoisotopic (exact) mass is 337 g/mol. The Kier molecular flexibility index (Phi) is 4.41. The first-order valence-corrected chi connectivity index (χ1v) is 8.98. The molecule has 0 atom stereocenters. The van der Waals surface area contributed by atoms with Crippen LogP contribution in [0.2, 0.25) is 0 Å². The van der Waals surface area contributed by atoms with Gasteiger partial charge in [-0.05, 0) is 49.2 Å². The second-order valence-electron chi connectivity index (χ2n) is 7.06. The second-order valence-corrected chi connectivity index (χ2v) is 7.89. The Morgan fingerprint density at radius 3 is 2.46 bits per heavy atom. The molecule has 0 amide bonds. The van der Waals surface area contributed by atoms with E-state index in [4.69, 9.17) is 4.99 Å². The molecule has 2 aromatic heterocycles. The van der Waals surface area contributed by atoms with Crippen LogP contribution < -0.4 is 4.80 Å². The van der Waals surface area contributed by atoms with E-state index in [9.17, 15) is 0 Å². The largest absolute Gasteiger partial charge is 0.289 e. The second kappa shape index (κ2) is 6.36. The number of aryl methyl sites for hydroxylation is 2. The minimum atomic E-state index is 0.0349. The summed E-state index contributed by atoms with van der Waals surface area (Å²) in [5, 5.41) is 2.21. The molecule has 3 nitrogen and oxygen atoms in total. The minimum Gasteiger partial charge on any atom is -0.289 e. The molecule has 0 aliphatic heterocycles. The molecule has 4 heteroatoms. The van der Waals surface area contributed by atoms with E-state index in [-0.39, 0.29) is 5.41 Å². The van der Waals surface area contributed by atoms with E-state index in [2.05, 4.69) is 67.7 Å². The van der Waals surface area contributed by atoms with Crippen LogP contribution >= 0.6 is 11.3 Å². The molecule has 0 saturated heterocycles. The topological polar surface area (TPSA) is 30.2 Å². The maximum absolute atomic E-state index is 4.77. The number of rotatable bonds is 2. The van der Waals surface area contributed by atoms with E-state index in [0.717, 1.165) is 16.3 Å². The molecular formula is C20H23N3S. The molecule has 0 fully saturated rings. The molecule has 2 heterocycles. The average Bonchev–Trinajstić information content (AvgIpc) is 2.95. The Morgan fingerprint density at radius 1 is 1.04 bits per heavy atom. The first-order valence-electron chi connectivity index (χ1n) is 8.11. The van der Waals surface area contributed by atoms with Crippen LogP contribution in [0.5, 0.6) is 0 Å². The van der Waals surface area contributed by atoms with Crippen molar-refractivity contribution in [1.29, 1.82) is 0 Å². The predicted octanol–water partition coefficient (Wildman–Crippen LogP) is 5.08. The van der Waals surface area contributed by atoms with Gasteiger partial charge in [-0.3, -0.25) is 4.57 Å². The molecule has 124 valence electrons. The average molecular weight is 337 g/mol. The van der Waals surface area contributed by atoms with Crippen molar-refractivity contribution < 1.29 is 0 Å². The van der Waals surface area contributed by atoms with Crippen LogP contribution in [0.15, 0.2) is 53.0 Å². The minimum absolute atomic E-state index is 0.0349. The van der Waals surface area contributed by atoms with Crippen molar-refractivity contribution in [3.8, 4) is 5.69 Å². The third-order valence-electron chi connectivity index (χ3n) is 4.08. The maximum Gasteiger partial charge on any atom is 0.196 e. The summed E-state index contributed by atoms with van der Waals surface area (Å²) in [4.78, 5) is 10.1. The van der Waals surface area contributed by atoms with Gasteiger partial charge in [-0.2, -0.15) is 0 Å². The zero-order valence-corrected chi connectivity index (χ0v) is 15.7. The van der Waals surface area contributed by atoms with E-state index < -0.39 is 0 Å². The number of hydrogen-bond donors (Lipinski definition) is 0. The van der Waals surface area contributed by atoms with Gasteiger partial charge in [0.15, 0.2) is 10.6 Å². The number of hydrogen-bond acceptors (Lipinski definition) is 3. The zero-order valence-electron chi connectivity index (χ0n) is 14.9. The molecule has 3 aromatic rings. The maximum atomic E-state index is 4.77. The van der Waals surface area contributed by atoms with Gasteiger partial charge in [0.1, 0.15) is 0 Å². The lowest BCUT2D eigenvalue weighted by atomic mass is 9.92. The first kappa shape index (κ1) is 16.7. The lowest BCUT2D eigenvalue weighted by Gasteiger charge is -2.21. The molecule has 0 N–H and O–H groups in total. The summed E-state index contributed by atoms with van der Waals surface area (Å²) < 4.78 is 2.26. The molecule has 3 rings (SSSR count). The van der Waals surface area contributed by atoms with Crippen LogP contribution in [0.1, 0.15) is 37.6 Å². The van der Waals surface area contributed by atoms with Gasteiger partial charge < -0.3 is 0 Å². The van der Waals surface area contributed by atoms with Crippen LogP contribution in [0, 0.1) is 13.8 Å². The Balaban J connectivity index is 2.27. The third kappa shape index (κ3) is 3.34. The summed E-state index contributed by atoms with van der Waals surface area (Å²) in [6.07, 6.45) is 1.78. The smallest absolute Gasteiger partial charge is 0.196 e. The molecule has 0 bridgehead atoms. The Morgan fingerprint density at radius 2 is 1.83 bits per heavy atom. The number of nitrogens with zero attached hydrogens (tertiary/aromatic N) is 3. The van der Waals surface area contributed by atoms with Crippen LogP contribution in [0.4, 0.5) is 5.82 Å². The van der Waals surface area contributed by atoms with E-state index in [1.54, 1.807) is 17.5 Å². The summed E-state index contributed by atoms with van der Waals surface area (Å²) in [5.41, 5.74) is 5.03. The van der Waals surface area contributed by atoms with Crippen molar-refractivity contribution in [2.45, 2.75) is 40.0 Å². The highest BCUT2D eigenvalue weighted by atomic mass is 32.1. The summed E-state index contributed by atoms with van der Waals surface area (Å²) >= 11 is 1.66. The highest BCUT2D eigenvalue weighted by molar-refractivity contribution is 7.07. The Bertz CT molecular complexity index is 912. The van der Waals surface area contributed by atoms with E-state index >= 15 is 0 Å². The highest BCUT2D eigenvalue weighted by Gasteiger charge is 2.21. The molecule has 24 heavy (non-hydrogen) atoms. The molecule has 0 radical (unpaired) electrons. The zero-order chi connectivity index (χ0) is 17.3. The Labute approximate surface area is 147 Å². The summed E-state index contributed by atoms with van der Waals surface area (Å²) in [6, 6.07) is 12.4. The lowest BCUT2D eigenvalue weighted by Crippen LogP contribution is -2.23. The van der Waals surface area contributed by atoms with Crippen molar-refractivity contribution in [2.24, 2.45) is 4.99 Å². The predicted molar refractivity (Wildman–Crippen MR) is 101 cm³/mol. The normalized spacial score (nSPS) is 12.6. The number of benzene rings is 1. The van der Waals surface area contributed by atoms with E-state index in [0.29, 0.717) is 0 Å².